The smallest absolute Gasteiger partial charge is 0.250 e. The number of carbonyl (C=O) groups excluding carboxylic acids is 1. The number of carbonyl (C=O) groups is 1. The van der Waals surface area contributed by atoms with E-state index < -0.39 is 0 Å². The van der Waals surface area contributed by atoms with Crippen molar-refractivity contribution in [1.82, 2.24) is 30.9 Å². The van der Waals surface area contributed by atoms with E-state index in [0.717, 1.165) is 0 Å². The second-order valence-corrected chi connectivity index (χ2v) is 3.87. The molecule has 1 rings (SSSR count). The van der Waals surface area contributed by atoms with Crippen LogP contribution in [0.1, 0.15) is 19.7 Å². The Bertz CT molecular complexity index is 310. The number of nitrogens with one attached hydrogen (secondary N) is 2. The molecule has 0 aliphatic carbocycles. The molecule has 4 N–H and O–H groups in total. The number of hydrogen-bond donors (Lipinski definition) is 3. The molecule has 1 aromatic rings. The van der Waals surface area contributed by atoms with Gasteiger partial charge < -0.3 is 5.32 Å². The lowest BCUT2D eigenvalue weighted by Gasteiger charge is -2.18. The van der Waals surface area contributed by atoms with Crippen molar-refractivity contribution >= 4 is 5.91 Å². The first-order chi connectivity index (χ1) is 7.59. The summed E-state index contributed by atoms with van der Waals surface area (Å²) in [6.07, 6.45) is 0. The van der Waals surface area contributed by atoms with Gasteiger partial charge >= 0.3 is 0 Å². The zero-order valence-corrected chi connectivity index (χ0v) is 9.47. The van der Waals surface area contributed by atoms with Crippen molar-refractivity contribution in [1.29, 1.82) is 0 Å². The maximum absolute atomic E-state index is 11.5. The van der Waals surface area contributed by atoms with Gasteiger partial charge in [-0.15, -0.1) is 10.2 Å². The van der Waals surface area contributed by atoms with Gasteiger partial charge in [0, 0.05) is 6.54 Å². The average Bonchev–Trinajstić information content (AvgIpc) is 2.69. The Kier molecular flexibility index (Phi) is 4.80. The van der Waals surface area contributed by atoms with Crippen LogP contribution in [0, 0.1) is 5.92 Å². The molecule has 1 aromatic heterocycles. The first-order valence-corrected chi connectivity index (χ1v) is 5.07. The molecule has 0 unspecified atom stereocenters. The Hall–Kier alpha value is -1.54. The summed E-state index contributed by atoms with van der Waals surface area (Å²) in [5, 5.41) is 17.3. The molecule has 0 saturated carbocycles. The van der Waals surface area contributed by atoms with E-state index in [0.29, 0.717) is 24.8 Å². The van der Waals surface area contributed by atoms with Gasteiger partial charge in [0.25, 0.3) is 0 Å². The Labute approximate surface area is 93.5 Å². The van der Waals surface area contributed by atoms with E-state index >= 15 is 0 Å². The summed E-state index contributed by atoms with van der Waals surface area (Å²) in [6, 6.07) is 0. The summed E-state index contributed by atoms with van der Waals surface area (Å²) in [4.78, 5) is 11.5. The van der Waals surface area contributed by atoms with Crippen LogP contribution in [-0.4, -0.2) is 44.6 Å². The van der Waals surface area contributed by atoms with Gasteiger partial charge in [-0.25, -0.2) is 5.84 Å². The highest BCUT2D eigenvalue weighted by atomic mass is 16.2. The number of tetrazole rings is 1. The molecule has 0 aromatic carbocycles. The monoisotopic (exact) mass is 227 g/mol. The normalized spacial score (nSPS) is 10.8. The highest BCUT2D eigenvalue weighted by Gasteiger charge is 2.10. The summed E-state index contributed by atoms with van der Waals surface area (Å²) in [5.74, 6) is 6.28. The quantitative estimate of drug-likeness (QED) is 0.314. The molecule has 8 heteroatoms. The van der Waals surface area contributed by atoms with Gasteiger partial charge in [0.1, 0.15) is 0 Å². The first-order valence-electron chi connectivity index (χ1n) is 5.07. The van der Waals surface area contributed by atoms with Crippen molar-refractivity contribution in [3.05, 3.63) is 5.82 Å². The van der Waals surface area contributed by atoms with Crippen LogP contribution in [-0.2, 0) is 11.3 Å². The van der Waals surface area contributed by atoms with Gasteiger partial charge in [-0.05, 0) is 5.92 Å². The van der Waals surface area contributed by atoms with Crippen molar-refractivity contribution in [3.63, 3.8) is 0 Å². The Balaban J connectivity index is 2.19. The summed E-state index contributed by atoms with van der Waals surface area (Å²) in [7, 11) is 0. The summed E-state index contributed by atoms with van der Waals surface area (Å²) >= 11 is 0. The lowest BCUT2D eigenvalue weighted by Crippen LogP contribution is -2.44. The number of aromatic amines is 1. The number of rotatable bonds is 6. The molecule has 0 atom stereocenters. The molecule has 8 nitrogen and oxygen atoms in total. The largest absolute Gasteiger partial charge is 0.301 e. The molecular weight excluding hydrogens is 210 g/mol. The van der Waals surface area contributed by atoms with Crippen molar-refractivity contribution in [2.75, 3.05) is 13.1 Å². The molecular formula is C8H17N7O. The fourth-order valence-electron chi connectivity index (χ4n) is 1.14. The van der Waals surface area contributed by atoms with Gasteiger partial charge in [0.2, 0.25) is 5.91 Å². The molecule has 0 radical (unpaired) electrons. The van der Waals surface area contributed by atoms with Gasteiger partial charge in [0.15, 0.2) is 5.82 Å². The molecule has 1 heterocycles. The van der Waals surface area contributed by atoms with Crippen LogP contribution < -0.4 is 11.2 Å². The topological polar surface area (TPSA) is 113 Å². The van der Waals surface area contributed by atoms with Crippen molar-refractivity contribution < 1.29 is 4.79 Å². The fourth-order valence-corrected chi connectivity index (χ4v) is 1.14. The van der Waals surface area contributed by atoms with E-state index in [1.54, 1.807) is 0 Å². The van der Waals surface area contributed by atoms with Crippen LogP contribution >= 0.6 is 0 Å². The number of H-pyrrole nitrogens is 1. The zero-order valence-electron chi connectivity index (χ0n) is 9.47. The molecule has 0 spiro atoms. The maximum atomic E-state index is 11.5. The predicted octanol–water partition coefficient (Wildman–Crippen LogP) is -1.35. The molecule has 0 aliphatic rings. The van der Waals surface area contributed by atoms with E-state index in [2.05, 4.69) is 25.9 Å². The van der Waals surface area contributed by atoms with Crippen LogP contribution in [0.25, 0.3) is 0 Å². The third-order valence-electron chi connectivity index (χ3n) is 1.83. The number of hydrazine groups is 1. The number of nitrogens with zero attached hydrogens (tertiary/aromatic N) is 4. The molecule has 0 fully saturated rings. The number of nitrogens with two attached hydrogens (primary N) is 1. The lowest BCUT2D eigenvalue weighted by molar-refractivity contribution is -0.131. The Morgan fingerprint density at radius 2 is 2.38 bits per heavy atom. The zero-order chi connectivity index (χ0) is 12.0. The van der Waals surface area contributed by atoms with Crippen molar-refractivity contribution in [2.45, 2.75) is 20.4 Å². The SMILES string of the molecule is CC(C)CN(N)C(=O)CNCc1nn[nH]n1. The Morgan fingerprint density at radius 3 is 2.94 bits per heavy atom. The maximum Gasteiger partial charge on any atom is 0.250 e. The Morgan fingerprint density at radius 1 is 1.62 bits per heavy atom. The summed E-state index contributed by atoms with van der Waals surface area (Å²) in [5.41, 5.74) is 0. The molecule has 90 valence electrons. The van der Waals surface area contributed by atoms with E-state index in [4.69, 9.17) is 5.84 Å². The van der Waals surface area contributed by atoms with Crippen molar-refractivity contribution in [3.8, 4) is 0 Å². The minimum absolute atomic E-state index is 0.155. The second kappa shape index (κ2) is 6.13. The van der Waals surface area contributed by atoms with Crippen LogP contribution in [0.5, 0.6) is 0 Å². The van der Waals surface area contributed by atoms with Crippen LogP contribution in [0.3, 0.4) is 0 Å². The van der Waals surface area contributed by atoms with E-state index in [1.807, 2.05) is 13.8 Å². The van der Waals surface area contributed by atoms with Gasteiger partial charge in [-0.3, -0.25) is 9.80 Å². The van der Waals surface area contributed by atoms with Crippen LogP contribution in [0.15, 0.2) is 0 Å². The molecule has 0 saturated heterocycles. The van der Waals surface area contributed by atoms with E-state index in [9.17, 15) is 4.79 Å². The fraction of sp³-hybridized carbons (Fsp3) is 0.750. The molecule has 1 amide bonds. The first kappa shape index (κ1) is 12.5. The van der Waals surface area contributed by atoms with Crippen LogP contribution in [0.4, 0.5) is 0 Å². The van der Waals surface area contributed by atoms with E-state index in [-0.39, 0.29) is 12.5 Å². The summed E-state index contributed by atoms with van der Waals surface area (Å²) in [6.45, 7) is 5.10. The highest BCUT2D eigenvalue weighted by molar-refractivity contribution is 5.77. The number of hydrogen-bond acceptors (Lipinski definition) is 6. The minimum Gasteiger partial charge on any atom is -0.301 e. The molecule has 0 aliphatic heterocycles. The van der Waals surface area contributed by atoms with Gasteiger partial charge in [0.05, 0.1) is 13.1 Å². The highest BCUT2D eigenvalue weighted by Crippen LogP contribution is 1.93. The number of aromatic nitrogens is 4. The third-order valence-corrected chi connectivity index (χ3v) is 1.83. The lowest BCUT2D eigenvalue weighted by atomic mass is 10.2. The van der Waals surface area contributed by atoms with E-state index in [1.165, 1.54) is 5.01 Å². The average molecular weight is 227 g/mol. The molecule has 0 bridgehead atoms. The minimum atomic E-state index is -0.155. The van der Waals surface area contributed by atoms with Crippen molar-refractivity contribution in [2.24, 2.45) is 11.8 Å². The predicted molar refractivity (Wildman–Crippen MR) is 56.6 cm³/mol. The second-order valence-electron chi connectivity index (χ2n) is 3.87. The molecule has 16 heavy (non-hydrogen) atoms. The summed E-state index contributed by atoms with van der Waals surface area (Å²) < 4.78 is 0. The standard InChI is InChI=1S/C8H17N7O/c1-6(2)5-15(9)8(16)4-10-3-7-11-13-14-12-7/h6,10H,3-5,9H2,1-2H3,(H,11,12,13,14). The van der Waals surface area contributed by atoms with Crippen LogP contribution in [0.2, 0.25) is 0 Å². The third kappa shape index (κ3) is 4.32. The van der Waals surface area contributed by atoms with Gasteiger partial charge in [-0.1, -0.05) is 19.1 Å². The van der Waals surface area contributed by atoms with Gasteiger partial charge in [-0.2, -0.15) is 5.21 Å². The number of amides is 1.